The van der Waals surface area contributed by atoms with Gasteiger partial charge in [0.2, 0.25) is 0 Å². The Labute approximate surface area is 130 Å². The molecule has 1 aliphatic heterocycles. The number of nitrogens with one attached hydrogen (secondary N) is 1. The third-order valence-corrected chi connectivity index (χ3v) is 5.05. The number of hydrogen-bond donors (Lipinski definition) is 1. The molecule has 1 aromatic rings. The highest BCUT2D eigenvalue weighted by Gasteiger charge is 2.26. The number of nitrogens with zero attached hydrogens (tertiary/aromatic N) is 1. The molecule has 1 N–H and O–H groups in total. The van der Waals surface area contributed by atoms with Crippen LogP contribution in [0.4, 0.5) is 0 Å². The van der Waals surface area contributed by atoms with Crippen molar-refractivity contribution in [3.8, 4) is 0 Å². The maximum absolute atomic E-state index is 3.50. The summed E-state index contributed by atoms with van der Waals surface area (Å²) in [6.45, 7) is 12.9. The van der Waals surface area contributed by atoms with E-state index >= 15 is 0 Å². The van der Waals surface area contributed by atoms with E-state index in [9.17, 15) is 0 Å². The second-order valence-corrected chi connectivity index (χ2v) is 7.21. The Morgan fingerprint density at radius 1 is 1.10 bits per heavy atom. The monoisotopic (exact) mass is 288 g/mol. The molecule has 0 aliphatic carbocycles. The Morgan fingerprint density at radius 3 is 2.19 bits per heavy atom. The standard InChI is InChI=1S/C19H32N2/c1-14(2)16-6-8-17(9-7-16)19(20-5)13-21-11-10-18(12-21)15(3)4/h6-9,14-15,18-20H,10-13H2,1-5H3. The highest BCUT2D eigenvalue weighted by molar-refractivity contribution is 5.27. The molecule has 0 aromatic heterocycles. The van der Waals surface area contributed by atoms with Crippen LogP contribution in [0.3, 0.4) is 0 Å². The summed E-state index contributed by atoms with van der Waals surface area (Å²) >= 11 is 0. The smallest absolute Gasteiger partial charge is 0.0446 e. The van der Waals surface area contributed by atoms with Crippen LogP contribution >= 0.6 is 0 Å². The van der Waals surface area contributed by atoms with Gasteiger partial charge in [-0.25, -0.2) is 0 Å². The minimum Gasteiger partial charge on any atom is -0.312 e. The first-order chi connectivity index (χ1) is 10.0. The fraction of sp³-hybridized carbons (Fsp3) is 0.684. The number of rotatable bonds is 6. The second-order valence-electron chi connectivity index (χ2n) is 7.21. The summed E-state index contributed by atoms with van der Waals surface area (Å²) < 4.78 is 0. The molecule has 0 amide bonds. The summed E-state index contributed by atoms with van der Waals surface area (Å²) in [7, 11) is 2.08. The summed E-state index contributed by atoms with van der Waals surface area (Å²) in [6.07, 6.45) is 1.36. The SMILES string of the molecule is CNC(CN1CCC(C(C)C)C1)c1ccc(C(C)C)cc1. The van der Waals surface area contributed by atoms with Crippen molar-refractivity contribution in [2.75, 3.05) is 26.7 Å². The van der Waals surface area contributed by atoms with Crippen LogP contribution in [0.15, 0.2) is 24.3 Å². The second kappa shape index (κ2) is 7.42. The summed E-state index contributed by atoms with van der Waals surface area (Å²) in [5.74, 6) is 2.30. The summed E-state index contributed by atoms with van der Waals surface area (Å²) in [4.78, 5) is 2.63. The summed E-state index contributed by atoms with van der Waals surface area (Å²) in [5.41, 5.74) is 2.84. The number of hydrogen-bond acceptors (Lipinski definition) is 2. The highest BCUT2D eigenvalue weighted by atomic mass is 15.2. The lowest BCUT2D eigenvalue weighted by Crippen LogP contribution is -2.32. The first-order valence-corrected chi connectivity index (χ1v) is 8.50. The molecule has 2 rings (SSSR count). The Hall–Kier alpha value is -0.860. The Kier molecular flexibility index (Phi) is 5.83. The molecule has 0 bridgehead atoms. The molecular weight excluding hydrogens is 256 g/mol. The van der Waals surface area contributed by atoms with Crippen LogP contribution in [0.5, 0.6) is 0 Å². The third kappa shape index (κ3) is 4.31. The van der Waals surface area contributed by atoms with Crippen molar-refractivity contribution < 1.29 is 0 Å². The van der Waals surface area contributed by atoms with Crippen LogP contribution in [0.1, 0.15) is 57.2 Å². The van der Waals surface area contributed by atoms with Gasteiger partial charge in [0, 0.05) is 19.1 Å². The molecule has 0 spiro atoms. The van der Waals surface area contributed by atoms with Crippen molar-refractivity contribution >= 4 is 0 Å². The molecule has 1 aromatic carbocycles. The van der Waals surface area contributed by atoms with Gasteiger partial charge in [0.1, 0.15) is 0 Å². The lowest BCUT2D eigenvalue weighted by molar-refractivity contribution is 0.275. The van der Waals surface area contributed by atoms with E-state index in [1.54, 1.807) is 0 Å². The Bertz CT molecular complexity index is 422. The Morgan fingerprint density at radius 2 is 1.71 bits per heavy atom. The van der Waals surface area contributed by atoms with Crippen LogP contribution in [0.2, 0.25) is 0 Å². The molecule has 118 valence electrons. The predicted molar refractivity (Wildman–Crippen MR) is 91.7 cm³/mol. The van der Waals surface area contributed by atoms with Crippen LogP contribution < -0.4 is 5.32 Å². The van der Waals surface area contributed by atoms with Crippen LogP contribution in [0.25, 0.3) is 0 Å². The van der Waals surface area contributed by atoms with Gasteiger partial charge in [-0.15, -0.1) is 0 Å². The van der Waals surface area contributed by atoms with E-state index in [0.717, 1.165) is 18.4 Å². The molecule has 1 saturated heterocycles. The summed E-state index contributed by atoms with van der Waals surface area (Å²) in [5, 5.41) is 3.50. The van der Waals surface area contributed by atoms with Crippen molar-refractivity contribution in [3.63, 3.8) is 0 Å². The van der Waals surface area contributed by atoms with E-state index in [0.29, 0.717) is 12.0 Å². The van der Waals surface area contributed by atoms with Gasteiger partial charge >= 0.3 is 0 Å². The third-order valence-electron chi connectivity index (χ3n) is 5.05. The minimum atomic E-state index is 0.442. The van der Waals surface area contributed by atoms with E-state index in [1.807, 2.05) is 0 Å². The lowest BCUT2D eigenvalue weighted by Gasteiger charge is -2.25. The topological polar surface area (TPSA) is 15.3 Å². The fourth-order valence-electron chi connectivity index (χ4n) is 3.31. The Balaban J connectivity index is 1.97. The van der Waals surface area contributed by atoms with E-state index in [1.165, 1.54) is 30.6 Å². The van der Waals surface area contributed by atoms with Crippen LogP contribution in [-0.2, 0) is 0 Å². The predicted octanol–water partition coefficient (Wildman–Crippen LogP) is 4.05. The molecule has 0 saturated carbocycles. The zero-order valence-electron chi connectivity index (χ0n) is 14.4. The van der Waals surface area contributed by atoms with Gasteiger partial charge in [-0.05, 0) is 48.9 Å². The van der Waals surface area contributed by atoms with E-state index in [4.69, 9.17) is 0 Å². The minimum absolute atomic E-state index is 0.442. The zero-order chi connectivity index (χ0) is 15.4. The molecule has 2 heteroatoms. The summed E-state index contributed by atoms with van der Waals surface area (Å²) in [6, 6.07) is 9.60. The first kappa shape index (κ1) is 16.5. The molecule has 1 heterocycles. The normalized spacial score (nSPS) is 21.4. The van der Waals surface area contributed by atoms with Gasteiger partial charge in [-0.3, -0.25) is 0 Å². The largest absolute Gasteiger partial charge is 0.312 e. The molecule has 1 fully saturated rings. The van der Waals surface area contributed by atoms with Crippen molar-refractivity contribution in [1.29, 1.82) is 0 Å². The quantitative estimate of drug-likeness (QED) is 0.849. The van der Waals surface area contributed by atoms with Crippen molar-refractivity contribution in [2.24, 2.45) is 11.8 Å². The van der Waals surface area contributed by atoms with Crippen LogP contribution in [-0.4, -0.2) is 31.6 Å². The van der Waals surface area contributed by atoms with E-state index < -0.39 is 0 Å². The van der Waals surface area contributed by atoms with Crippen LogP contribution in [0, 0.1) is 11.8 Å². The number of likely N-dealkylation sites (tertiary alicyclic amines) is 1. The molecule has 1 aliphatic rings. The van der Waals surface area contributed by atoms with Crippen molar-refractivity contribution in [1.82, 2.24) is 10.2 Å². The number of benzene rings is 1. The molecule has 2 atom stereocenters. The molecule has 0 radical (unpaired) electrons. The van der Waals surface area contributed by atoms with Gasteiger partial charge in [0.15, 0.2) is 0 Å². The maximum atomic E-state index is 3.50. The fourth-order valence-corrected chi connectivity index (χ4v) is 3.31. The maximum Gasteiger partial charge on any atom is 0.0446 e. The van der Waals surface area contributed by atoms with E-state index in [2.05, 4.69) is 69.2 Å². The molecule has 2 nitrogen and oxygen atoms in total. The highest BCUT2D eigenvalue weighted by Crippen LogP contribution is 2.26. The van der Waals surface area contributed by atoms with Crippen molar-refractivity contribution in [3.05, 3.63) is 35.4 Å². The van der Waals surface area contributed by atoms with E-state index in [-0.39, 0.29) is 0 Å². The zero-order valence-corrected chi connectivity index (χ0v) is 14.4. The first-order valence-electron chi connectivity index (χ1n) is 8.50. The lowest BCUT2D eigenvalue weighted by atomic mass is 9.95. The van der Waals surface area contributed by atoms with Gasteiger partial charge in [0.25, 0.3) is 0 Å². The van der Waals surface area contributed by atoms with Crippen molar-refractivity contribution in [2.45, 2.75) is 46.1 Å². The average molecular weight is 288 g/mol. The van der Waals surface area contributed by atoms with Gasteiger partial charge in [0.05, 0.1) is 0 Å². The number of likely N-dealkylation sites (N-methyl/N-ethyl adjacent to an activating group) is 1. The molecular formula is C19H32N2. The van der Waals surface area contributed by atoms with Gasteiger partial charge in [-0.2, -0.15) is 0 Å². The molecule has 2 unspecified atom stereocenters. The van der Waals surface area contributed by atoms with Gasteiger partial charge in [-0.1, -0.05) is 52.0 Å². The average Bonchev–Trinajstić information content (AvgIpc) is 2.93. The molecule has 21 heavy (non-hydrogen) atoms. The van der Waals surface area contributed by atoms with Gasteiger partial charge < -0.3 is 10.2 Å².